The second kappa shape index (κ2) is 9.09. The molecule has 0 saturated heterocycles. The minimum atomic E-state index is -0.536. The summed E-state index contributed by atoms with van der Waals surface area (Å²) in [6.07, 6.45) is 6.13. The van der Waals surface area contributed by atoms with Crippen molar-refractivity contribution in [2.75, 3.05) is 5.32 Å². The summed E-state index contributed by atoms with van der Waals surface area (Å²) in [6, 6.07) is 13.5. The molecule has 9 heteroatoms. The average molecular weight is 429 g/mol. The minimum Gasteiger partial charge on any atom is -0.424 e. The maximum absolute atomic E-state index is 13.1. The number of amides is 1. The number of hydrogen-bond donors (Lipinski definition) is 2. The zero-order valence-electron chi connectivity index (χ0n) is 17.1. The summed E-state index contributed by atoms with van der Waals surface area (Å²) in [5, 5.41) is 3.02. The van der Waals surface area contributed by atoms with Gasteiger partial charge in [0.05, 0.1) is 17.4 Å². The number of carbonyl (C=O) groups is 1. The van der Waals surface area contributed by atoms with Crippen molar-refractivity contribution in [3.63, 3.8) is 0 Å². The summed E-state index contributed by atoms with van der Waals surface area (Å²) in [6.45, 7) is 1.78. The third-order valence-electron chi connectivity index (χ3n) is 4.56. The van der Waals surface area contributed by atoms with Crippen molar-refractivity contribution in [2.45, 2.75) is 13.5 Å². The van der Waals surface area contributed by atoms with Crippen LogP contribution in [-0.4, -0.2) is 25.4 Å². The predicted octanol–water partition coefficient (Wildman–Crippen LogP) is 2.84. The summed E-state index contributed by atoms with van der Waals surface area (Å²) in [4.78, 5) is 48.1. The monoisotopic (exact) mass is 429 g/mol. The highest BCUT2D eigenvalue weighted by molar-refractivity contribution is 5.99. The molecule has 0 aliphatic carbocycles. The number of nitrogens with one attached hydrogen (secondary N) is 2. The smallest absolute Gasteiger partial charge is 0.329 e. The molecule has 1 amide bonds. The summed E-state index contributed by atoms with van der Waals surface area (Å²) >= 11 is 0. The Kier molecular flexibility index (Phi) is 5.89. The quantitative estimate of drug-likeness (QED) is 0.455. The van der Waals surface area contributed by atoms with E-state index in [1.54, 1.807) is 67.9 Å². The lowest BCUT2D eigenvalue weighted by molar-refractivity contribution is -0.111. The first-order valence-electron chi connectivity index (χ1n) is 9.78. The number of benzene rings is 2. The number of aromatic amines is 1. The molecular weight excluding hydrogens is 410 g/mol. The second-order valence-electron chi connectivity index (χ2n) is 6.85. The molecule has 4 rings (SSSR count). The number of aromatic nitrogens is 4. The number of hydrogen-bond acceptors (Lipinski definition) is 6. The molecule has 4 aromatic rings. The fourth-order valence-corrected chi connectivity index (χ4v) is 3.15. The third-order valence-corrected chi connectivity index (χ3v) is 4.56. The zero-order chi connectivity index (χ0) is 22.5. The van der Waals surface area contributed by atoms with Gasteiger partial charge < -0.3 is 15.0 Å². The van der Waals surface area contributed by atoms with Crippen molar-refractivity contribution in [2.24, 2.45) is 0 Å². The average Bonchev–Trinajstić information content (AvgIpc) is 2.78. The number of fused-ring (bicyclic) bond motifs is 1. The van der Waals surface area contributed by atoms with Gasteiger partial charge in [-0.2, -0.15) is 0 Å². The van der Waals surface area contributed by atoms with E-state index in [0.717, 1.165) is 4.57 Å². The first kappa shape index (κ1) is 20.7. The zero-order valence-corrected chi connectivity index (χ0v) is 17.1. The van der Waals surface area contributed by atoms with Gasteiger partial charge in [0.15, 0.2) is 0 Å². The molecule has 0 unspecified atom stereocenters. The predicted molar refractivity (Wildman–Crippen MR) is 120 cm³/mol. The molecule has 2 aromatic carbocycles. The molecule has 0 spiro atoms. The first-order chi connectivity index (χ1) is 15.5. The lowest BCUT2D eigenvalue weighted by Gasteiger charge is -2.10. The normalized spacial score (nSPS) is 11.0. The number of H-pyrrole nitrogens is 1. The molecule has 0 bridgehead atoms. The van der Waals surface area contributed by atoms with Crippen molar-refractivity contribution in [3.05, 3.63) is 99.5 Å². The fourth-order valence-electron chi connectivity index (χ4n) is 3.15. The van der Waals surface area contributed by atoms with Crippen LogP contribution in [0.5, 0.6) is 11.8 Å². The SMILES string of the molecule is C/C=C/C(=O)Nc1cccc(Cn2c(=O)[nH]c3ccc(Oc4ncccn4)cc3c2=O)c1. The van der Waals surface area contributed by atoms with E-state index in [1.165, 1.54) is 12.1 Å². The maximum atomic E-state index is 13.1. The summed E-state index contributed by atoms with van der Waals surface area (Å²) in [5.41, 5.74) is 0.636. The van der Waals surface area contributed by atoms with Crippen LogP contribution in [0.4, 0.5) is 5.69 Å². The van der Waals surface area contributed by atoms with Gasteiger partial charge in [0, 0.05) is 18.1 Å². The van der Waals surface area contributed by atoms with E-state index in [2.05, 4.69) is 20.3 Å². The molecule has 0 fully saturated rings. The number of anilines is 1. The Morgan fingerprint density at radius 1 is 1.12 bits per heavy atom. The van der Waals surface area contributed by atoms with E-state index in [4.69, 9.17) is 4.74 Å². The van der Waals surface area contributed by atoms with Crippen molar-refractivity contribution >= 4 is 22.5 Å². The number of carbonyl (C=O) groups excluding carboxylic acids is 1. The van der Waals surface area contributed by atoms with E-state index in [0.29, 0.717) is 22.5 Å². The van der Waals surface area contributed by atoms with Gasteiger partial charge in [-0.3, -0.25) is 14.2 Å². The number of ether oxygens (including phenoxy) is 1. The van der Waals surface area contributed by atoms with Crippen LogP contribution in [0.2, 0.25) is 0 Å². The largest absolute Gasteiger partial charge is 0.424 e. The third kappa shape index (κ3) is 4.62. The molecule has 0 radical (unpaired) electrons. The molecule has 0 saturated carbocycles. The summed E-state index contributed by atoms with van der Waals surface area (Å²) in [5.74, 6) is 0.105. The topological polar surface area (TPSA) is 119 Å². The van der Waals surface area contributed by atoms with Gasteiger partial charge in [0.2, 0.25) is 5.91 Å². The number of rotatable bonds is 6. The van der Waals surface area contributed by atoms with Crippen LogP contribution in [0, 0.1) is 0 Å². The van der Waals surface area contributed by atoms with Crippen LogP contribution in [-0.2, 0) is 11.3 Å². The van der Waals surface area contributed by atoms with Crippen molar-refractivity contribution < 1.29 is 9.53 Å². The fraction of sp³-hybridized carbons (Fsp3) is 0.0870. The van der Waals surface area contributed by atoms with Gasteiger partial charge in [0.25, 0.3) is 5.56 Å². The lowest BCUT2D eigenvalue weighted by atomic mass is 10.2. The van der Waals surface area contributed by atoms with Gasteiger partial charge in [-0.1, -0.05) is 18.2 Å². The van der Waals surface area contributed by atoms with Gasteiger partial charge in [-0.15, -0.1) is 0 Å². The van der Waals surface area contributed by atoms with Crippen molar-refractivity contribution in [1.29, 1.82) is 0 Å². The highest BCUT2D eigenvalue weighted by Crippen LogP contribution is 2.20. The standard InChI is InChI=1S/C23H19N5O4/c1-2-5-20(29)26-16-7-3-6-15(12-16)14-28-21(30)18-13-17(8-9-19(18)27-23(28)31)32-22-24-10-4-11-25-22/h2-13H,14H2,1H3,(H,26,29)(H,27,31)/b5-2+. The Morgan fingerprint density at radius 3 is 2.72 bits per heavy atom. The molecule has 9 nitrogen and oxygen atoms in total. The van der Waals surface area contributed by atoms with Crippen LogP contribution in [0.15, 0.2) is 82.7 Å². The molecule has 160 valence electrons. The Morgan fingerprint density at radius 2 is 1.94 bits per heavy atom. The van der Waals surface area contributed by atoms with E-state index < -0.39 is 11.2 Å². The first-order valence-corrected chi connectivity index (χ1v) is 9.78. The number of allylic oxidation sites excluding steroid dienone is 1. The van der Waals surface area contributed by atoms with E-state index in [1.807, 2.05) is 0 Å². The summed E-state index contributed by atoms with van der Waals surface area (Å²) in [7, 11) is 0. The van der Waals surface area contributed by atoms with E-state index in [9.17, 15) is 14.4 Å². The number of nitrogens with zero attached hydrogens (tertiary/aromatic N) is 3. The molecule has 0 atom stereocenters. The van der Waals surface area contributed by atoms with Crippen molar-refractivity contribution in [1.82, 2.24) is 19.5 Å². The Hall–Kier alpha value is -4.53. The Labute approximate surface area is 182 Å². The van der Waals surface area contributed by atoms with Crippen LogP contribution in [0.3, 0.4) is 0 Å². The summed E-state index contributed by atoms with van der Waals surface area (Å²) < 4.78 is 6.69. The van der Waals surface area contributed by atoms with E-state index >= 15 is 0 Å². The van der Waals surface area contributed by atoms with Crippen molar-refractivity contribution in [3.8, 4) is 11.8 Å². The molecular formula is C23H19N5O4. The van der Waals surface area contributed by atoms with Crippen LogP contribution < -0.4 is 21.3 Å². The molecule has 0 aliphatic rings. The van der Waals surface area contributed by atoms with Gasteiger partial charge in [-0.05, 0) is 55.0 Å². The van der Waals surface area contributed by atoms with Crippen LogP contribution in [0.1, 0.15) is 12.5 Å². The Bertz CT molecular complexity index is 1420. The molecule has 2 aromatic heterocycles. The van der Waals surface area contributed by atoms with Crippen LogP contribution in [0.25, 0.3) is 10.9 Å². The van der Waals surface area contributed by atoms with Gasteiger partial charge in [0.1, 0.15) is 5.75 Å². The molecule has 0 aliphatic heterocycles. The molecule has 2 heterocycles. The second-order valence-corrected chi connectivity index (χ2v) is 6.85. The molecule has 32 heavy (non-hydrogen) atoms. The Balaban J connectivity index is 1.66. The highest BCUT2D eigenvalue weighted by atomic mass is 16.5. The van der Waals surface area contributed by atoms with Gasteiger partial charge >= 0.3 is 11.7 Å². The minimum absolute atomic E-state index is 0.0321. The van der Waals surface area contributed by atoms with Crippen LogP contribution >= 0.6 is 0 Å². The highest BCUT2D eigenvalue weighted by Gasteiger charge is 2.11. The maximum Gasteiger partial charge on any atom is 0.329 e. The lowest BCUT2D eigenvalue weighted by Crippen LogP contribution is -2.35. The van der Waals surface area contributed by atoms with Gasteiger partial charge in [-0.25, -0.2) is 14.8 Å². The molecule has 2 N–H and O–H groups in total. The van der Waals surface area contributed by atoms with E-state index in [-0.39, 0.29) is 23.8 Å².